The molecule has 3 aromatic rings. The molecule has 3 N–H and O–H groups in total. The van der Waals surface area contributed by atoms with Crippen LogP contribution in [0.5, 0.6) is 0 Å². The van der Waals surface area contributed by atoms with Crippen molar-refractivity contribution in [3.05, 3.63) is 48.3 Å². The lowest BCUT2D eigenvalue weighted by atomic mass is 10.00. The molecule has 0 saturated carbocycles. The molecule has 28 heavy (non-hydrogen) atoms. The van der Waals surface area contributed by atoms with E-state index in [1.165, 1.54) is 4.90 Å². The number of aromatic nitrogens is 3. The van der Waals surface area contributed by atoms with Gasteiger partial charge in [0.05, 0.1) is 11.2 Å². The minimum Gasteiger partial charge on any atom is -0.382 e. The number of carbonyl (C=O) groups excluding carboxylic acids is 1. The molecule has 0 bridgehead atoms. The third kappa shape index (κ3) is 3.04. The van der Waals surface area contributed by atoms with E-state index in [2.05, 4.69) is 26.8 Å². The van der Waals surface area contributed by atoms with Crippen molar-refractivity contribution in [2.45, 2.75) is 25.0 Å². The fraction of sp³-hybridized carbons (Fsp3) is 0.238. The van der Waals surface area contributed by atoms with Crippen molar-refractivity contribution in [3.63, 3.8) is 0 Å². The van der Waals surface area contributed by atoms with E-state index in [0.717, 1.165) is 5.56 Å². The van der Waals surface area contributed by atoms with Gasteiger partial charge in [0.15, 0.2) is 5.82 Å². The van der Waals surface area contributed by atoms with Crippen LogP contribution in [0.25, 0.3) is 22.3 Å². The number of pyridine rings is 1. The maximum Gasteiger partial charge on any atom is 0.267 e. The molecule has 3 heterocycles. The Bertz CT molecular complexity index is 1200. The van der Waals surface area contributed by atoms with E-state index < -0.39 is 5.60 Å². The van der Waals surface area contributed by atoms with Crippen LogP contribution in [0.4, 0.5) is 5.82 Å². The summed E-state index contributed by atoms with van der Waals surface area (Å²) in [4.78, 5) is 26.1. The van der Waals surface area contributed by atoms with Crippen molar-refractivity contribution in [1.29, 1.82) is 0 Å². The third-order valence-corrected chi connectivity index (χ3v) is 4.96. The first-order chi connectivity index (χ1) is 13.8. The number of likely N-dealkylation sites (tertiary alicyclic amines) is 1. The van der Waals surface area contributed by atoms with Gasteiger partial charge in [0, 0.05) is 30.6 Å². The Labute approximate surface area is 163 Å². The third-order valence-electron chi connectivity index (χ3n) is 4.96. The second-order valence-corrected chi connectivity index (χ2v) is 6.93. The van der Waals surface area contributed by atoms with Crippen molar-refractivity contribution in [2.24, 2.45) is 0 Å². The van der Waals surface area contributed by atoms with E-state index in [4.69, 9.17) is 7.10 Å². The van der Waals surface area contributed by atoms with Gasteiger partial charge in [-0.15, -0.1) is 0 Å². The molecular weight excluding hydrogens is 354 g/mol. The summed E-state index contributed by atoms with van der Waals surface area (Å²) < 4.78 is 7.54. The predicted molar refractivity (Wildman–Crippen MR) is 106 cm³/mol. The smallest absolute Gasteiger partial charge is 0.267 e. The van der Waals surface area contributed by atoms with Crippen LogP contribution in [0.15, 0.2) is 42.7 Å². The van der Waals surface area contributed by atoms with Crippen molar-refractivity contribution in [1.82, 2.24) is 19.9 Å². The summed E-state index contributed by atoms with van der Waals surface area (Å²) >= 11 is 0. The van der Waals surface area contributed by atoms with E-state index in [0.29, 0.717) is 22.3 Å². The molecule has 0 aliphatic carbocycles. The van der Waals surface area contributed by atoms with Crippen LogP contribution in [0.1, 0.15) is 20.3 Å². The molecule has 1 amide bonds. The molecular formula is C21H19N5O2. The lowest BCUT2D eigenvalue weighted by Crippen LogP contribution is -2.37. The Morgan fingerprint density at radius 1 is 1.36 bits per heavy atom. The van der Waals surface area contributed by atoms with Crippen LogP contribution in [0, 0.1) is 11.8 Å². The summed E-state index contributed by atoms with van der Waals surface area (Å²) in [6.07, 6.45) is 0.125. The van der Waals surface area contributed by atoms with Gasteiger partial charge in [-0.05, 0) is 31.2 Å². The molecule has 0 radical (unpaired) electrons. The van der Waals surface area contributed by atoms with Crippen molar-refractivity contribution >= 4 is 22.8 Å². The van der Waals surface area contributed by atoms with Crippen LogP contribution in [0.2, 0.25) is 0 Å². The highest BCUT2D eigenvalue weighted by atomic mass is 16.3. The molecule has 7 heteroatoms. The van der Waals surface area contributed by atoms with Gasteiger partial charge in [0.1, 0.15) is 13.2 Å². The average Bonchev–Trinajstić information content (AvgIpc) is 2.89. The summed E-state index contributed by atoms with van der Waals surface area (Å²) in [5.74, 6) is 5.43. The zero-order chi connectivity index (χ0) is 20.8. The number of amides is 1. The Kier molecular flexibility index (Phi) is 3.92. The number of nitrogens with two attached hydrogens (primary N) is 1. The highest BCUT2D eigenvalue weighted by molar-refractivity contribution is 5.91. The molecule has 2 aromatic heterocycles. The maximum absolute atomic E-state index is 12.3. The van der Waals surface area contributed by atoms with Gasteiger partial charge in [0.25, 0.3) is 5.91 Å². The molecule has 7 nitrogen and oxygen atoms in total. The molecule has 1 fully saturated rings. The number of hydrogen-bond acceptors (Lipinski definition) is 6. The Hall–Kier alpha value is -3.50. The number of rotatable bonds is 1. The summed E-state index contributed by atoms with van der Waals surface area (Å²) in [6.45, 7) is 1.88. The van der Waals surface area contributed by atoms with Gasteiger partial charge in [-0.1, -0.05) is 24.0 Å². The Balaban J connectivity index is 1.69. The van der Waals surface area contributed by atoms with Gasteiger partial charge in [-0.25, -0.2) is 15.0 Å². The molecule has 1 aromatic carbocycles. The van der Waals surface area contributed by atoms with Gasteiger partial charge >= 0.3 is 0 Å². The molecule has 2 atom stereocenters. The van der Waals surface area contributed by atoms with Crippen LogP contribution < -0.4 is 5.73 Å². The second kappa shape index (κ2) is 6.59. The van der Waals surface area contributed by atoms with Crippen molar-refractivity contribution in [3.8, 4) is 23.1 Å². The standard InChI is InChI=1S/C21H19N5O2/c1-13-11-21(28,20(27)26(13)2)9-8-14-4-3-5-15(10-14)16-6-7-17-18(25-16)19(22)24-12-23-17/h3-7,10,12-13,28H,11H2,1-2H3,(H2,22,23,24)/t13-,21+/m1/s1/i12D. The average molecular weight is 374 g/mol. The highest BCUT2D eigenvalue weighted by Crippen LogP contribution is 2.27. The number of fused-ring (bicyclic) bond motifs is 1. The molecule has 1 aliphatic rings. The van der Waals surface area contributed by atoms with E-state index in [1.807, 2.05) is 25.1 Å². The SMILES string of the molecule is [2H]c1nc(N)c2nc(-c3cccc(C#C[C@]4(O)C[C@@H](C)N(C)C4=O)c3)ccc2n1. The largest absolute Gasteiger partial charge is 0.382 e. The summed E-state index contributed by atoms with van der Waals surface area (Å²) in [7, 11) is 1.66. The number of nitrogens with zero attached hydrogens (tertiary/aromatic N) is 4. The van der Waals surface area contributed by atoms with Crippen molar-refractivity contribution in [2.75, 3.05) is 12.8 Å². The quantitative estimate of drug-likeness (QED) is 0.627. The number of carbonyl (C=O) groups is 1. The fourth-order valence-corrected chi connectivity index (χ4v) is 3.26. The van der Waals surface area contributed by atoms with Gasteiger partial charge in [-0.2, -0.15) is 0 Å². The van der Waals surface area contributed by atoms with Crippen LogP contribution >= 0.6 is 0 Å². The molecule has 1 saturated heterocycles. The molecule has 1 aliphatic heterocycles. The fourth-order valence-electron chi connectivity index (χ4n) is 3.26. The number of hydrogen-bond donors (Lipinski definition) is 2. The first-order valence-corrected chi connectivity index (χ1v) is 8.81. The van der Waals surface area contributed by atoms with Crippen LogP contribution in [-0.4, -0.2) is 49.6 Å². The lowest BCUT2D eigenvalue weighted by molar-refractivity contribution is -0.138. The number of nitrogen functional groups attached to an aromatic ring is 1. The minimum atomic E-state index is -1.66. The van der Waals surface area contributed by atoms with Gasteiger partial charge < -0.3 is 15.7 Å². The van der Waals surface area contributed by atoms with Crippen LogP contribution in [0.3, 0.4) is 0 Å². The second-order valence-electron chi connectivity index (χ2n) is 6.93. The van der Waals surface area contributed by atoms with Gasteiger partial charge in [-0.3, -0.25) is 4.79 Å². The van der Waals surface area contributed by atoms with E-state index in [-0.39, 0.29) is 30.5 Å². The topological polar surface area (TPSA) is 105 Å². The molecule has 4 rings (SSSR count). The van der Waals surface area contributed by atoms with Gasteiger partial charge in [0.2, 0.25) is 5.60 Å². The zero-order valence-electron chi connectivity index (χ0n) is 16.5. The summed E-state index contributed by atoms with van der Waals surface area (Å²) in [5.41, 5.74) is 7.25. The maximum atomic E-state index is 12.3. The monoisotopic (exact) mass is 374 g/mol. The number of benzene rings is 1. The zero-order valence-corrected chi connectivity index (χ0v) is 15.5. The van der Waals surface area contributed by atoms with Crippen molar-refractivity contribution < 1.29 is 11.3 Å². The number of likely N-dealkylation sites (N-methyl/N-ethyl adjacent to an activating group) is 1. The number of aliphatic hydroxyl groups is 1. The first kappa shape index (κ1) is 16.7. The van der Waals surface area contributed by atoms with E-state index in [9.17, 15) is 9.90 Å². The normalized spacial score (nSPS) is 22.1. The summed E-state index contributed by atoms with van der Waals surface area (Å²) in [6, 6.07) is 10.8. The lowest BCUT2D eigenvalue weighted by Gasteiger charge is -2.14. The van der Waals surface area contributed by atoms with E-state index >= 15 is 0 Å². The molecule has 140 valence electrons. The summed E-state index contributed by atoms with van der Waals surface area (Å²) in [5, 5.41) is 10.6. The molecule has 0 unspecified atom stereocenters. The predicted octanol–water partition coefficient (Wildman–Crippen LogP) is 1.61. The Morgan fingerprint density at radius 3 is 2.93 bits per heavy atom. The van der Waals surface area contributed by atoms with Crippen LogP contribution in [-0.2, 0) is 4.79 Å². The minimum absolute atomic E-state index is 0.0631. The Morgan fingerprint density at radius 2 is 2.18 bits per heavy atom. The molecule has 0 spiro atoms. The highest BCUT2D eigenvalue weighted by Gasteiger charge is 2.46. The first-order valence-electron chi connectivity index (χ1n) is 9.31. The number of anilines is 1. The van der Waals surface area contributed by atoms with E-state index in [1.54, 1.807) is 25.2 Å².